The second-order valence-electron chi connectivity index (χ2n) is 14.1. The van der Waals surface area contributed by atoms with Crippen LogP contribution in [0.5, 0.6) is 0 Å². The Hall–Kier alpha value is 0.0169. The molecule has 0 saturated heterocycles. The van der Waals surface area contributed by atoms with E-state index in [1.165, 1.54) is 55.9 Å². The van der Waals surface area contributed by atoms with Gasteiger partial charge in [0.05, 0.1) is 0 Å². The number of fused-ring (bicyclic) bond motifs is 3. The number of hydrogen-bond acceptors (Lipinski definition) is 0. The fourth-order valence-electron chi connectivity index (χ4n) is 10.7. The van der Waals surface area contributed by atoms with Gasteiger partial charge in [-0.25, -0.2) is 0 Å². The van der Waals surface area contributed by atoms with E-state index in [-0.39, 0.29) is 55.9 Å². The number of rotatable bonds is 7. The molecule has 4 saturated carbocycles. The largest absolute Gasteiger partial charge is 4.00 e. The Morgan fingerprint density at radius 2 is 1.49 bits per heavy atom. The number of benzene rings is 2. The summed E-state index contributed by atoms with van der Waals surface area (Å²) >= 11 is 0. The summed E-state index contributed by atoms with van der Waals surface area (Å²) in [6, 6.07) is 16.6. The summed E-state index contributed by atoms with van der Waals surface area (Å²) < 4.78 is 0. The molecule has 6 rings (SSSR count). The van der Waals surface area contributed by atoms with E-state index in [0.29, 0.717) is 0 Å². The molecule has 0 radical (unpaired) electrons. The van der Waals surface area contributed by atoms with Crippen LogP contribution in [0.1, 0.15) is 96.0 Å². The molecule has 228 valence electrons. The monoisotopic (exact) mass is 666 g/mol. The van der Waals surface area contributed by atoms with Crippen LogP contribution in [0, 0.1) is 65.2 Å². The average Bonchev–Trinajstić information content (AvgIpc) is 3.63. The minimum Gasteiger partial charge on any atom is -0.358 e. The summed E-state index contributed by atoms with van der Waals surface area (Å²) in [5.74, 6) is 6.91. The van der Waals surface area contributed by atoms with E-state index in [1.807, 2.05) is 0 Å². The smallest absolute Gasteiger partial charge is 0.358 e. The molecule has 0 N–H and O–H groups in total. The first-order valence-electron chi connectivity index (χ1n) is 16.0. The molecule has 0 aliphatic heterocycles. The van der Waals surface area contributed by atoms with E-state index in [4.69, 9.17) is 0 Å². The summed E-state index contributed by atoms with van der Waals surface area (Å²) in [5, 5.41) is 3.04. The zero-order chi connectivity index (χ0) is 24.8. The molecule has 0 heterocycles. The van der Waals surface area contributed by atoms with Crippen LogP contribution in [-0.2, 0) is 26.2 Å². The van der Waals surface area contributed by atoms with Gasteiger partial charge in [0.1, 0.15) is 0 Å². The maximum atomic E-state index is 2.90. The SMILES string of the molecule is CCCCC1CCC([SiH](C)[SiH](C)C2C(C)CC3C2CC2CCCC2C3c2cccc3ccccc23)C1.[CH3-].[CH3-].[CH3-].[CH3-].[Zr+4]. The predicted octanol–water partition coefficient (Wildman–Crippen LogP) is 11.3. The van der Waals surface area contributed by atoms with Crippen molar-refractivity contribution in [3.05, 3.63) is 77.7 Å². The van der Waals surface area contributed by atoms with Crippen molar-refractivity contribution in [2.24, 2.45) is 35.5 Å². The van der Waals surface area contributed by atoms with Crippen molar-refractivity contribution in [3.63, 3.8) is 0 Å². The van der Waals surface area contributed by atoms with Crippen LogP contribution in [0.2, 0.25) is 24.2 Å². The van der Waals surface area contributed by atoms with E-state index < -0.39 is 16.6 Å². The molecule has 0 nitrogen and oxygen atoms in total. The van der Waals surface area contributed by atoms with Crippen LogP contribution < -0.4 is 0 Å². The van der Waals surface area contributed by atoms with Crippen LogP contribution in [-0.4, -0.2) is 16.6 Å². The fourth-order valence-corrected chi connectivity index (χ4v) is 24.0. The second-order valence-corrected chi connectivity index (χ2v) is 25.6. The van der Waals surface area contributed by atoms with Crippen molar-refractivity contribution >= 4 is 27.4 Å². The van der Waals surface area contributed by atoms with E-state index in [1.54, 1.807) is 36.6 Å². The molecular weight excluding hydrogens is 604 g/mol. The van der Waals surface area contributed by atoms with E-state index >= 15 is 0 Å². The third-order valence-electron chi connectivity index (χ3n) is 12.5. The van der Waals surface area contributed by atoms with Gasteiger partial charge in [0.15, 0.2) is 0 Å². The second kappa shape index (κ2) is 16.9. The predicted molar refractivity (Wildman–Crippen MR) is 189 cm³/mol. The van der Waals surface area contributed by atoms with Crippen molar-refractivity contribution in [2.45, 2.75) is 115 Å². The van der Waals surface area contributed by atoms with Gasteiger partial charge in [-0.1, -0.05) is 126 Å². The van der Waals surface area contributed by atoms with Gasteiger partial charge in [0.25, 0.3) is 0 Å². The summed E-state index contributed by atoms with van der Waals surface area (Å²) in [6.45, 7) is 10.9. The first-order valence-corrected chi connectivity index (χ1v) is 22.3. The number of hydrogen-bond donors (Lipinski definition) is 0. The van der Waals surface area contributed by atoms with Crippen molar-refractivity contribution in [1.82, 2.24) is 0 Å². The molecule has 0 spiro atoms. The summed E-state index contributed by atoms with van der Waals surface area (Å²) in [4.78, 5) is 0. The molecule has 4 aliphatic carbocycles. The summed E-state index contributed by atoms with van der Waals surface area (Å²) in [6.07, 6.45) is 16.9. The molecule has 0 aromatic heterocycles. The van der Waals surface area contributed by atoms with Crippen molar-refractivity contribution in [1.29, 1.82) is 0 Å². The average molecular weight is 668 g/mol. The Labute approximate surface area is 279 Å². The molecule has 0 bridgehead atoms. The first-order chi connectivity index (χ1) is 17.6. The Bertz CT molecular complexity index is 1030. The van der Waals surface area contributed by atoms with Crippen molar-refractivity contribution in [2.75, 3.05) is 0 Å². The first kappa shape index (κ1) is 39.0. The standard InChI is InChI=1S/C34H52Si2.4CH3.Zr/c1-5-6-11-24-18-19-27(21-24)35(3)36(4)34-23(2)20-31-32(34)22-26-14-10-16-29(26)33(31)30-17-9-13-25-12-7-8-15-28(25)30;;;;;/h7-9,12-13,15,17,23-24,26-27,29,31-36H,5-6,10-11,14,16,18-22H2,1-4H3;4*1H3;/q;4*-1;+4. The quantitative estimate of drug-likeness (QED) is 0.204. The van der Waals surface area contributed by atoms with Crippen molar-refractivity contribution in [3.8, 4) is 0 Å². The molecular formula is C38H64Si2Zr. The topological polar surface area (TPSA) is 0 Å². The number of unbranched alkanes of at least 4 members (excludes halogenated alkanes) is 1. The molecule has 11 unspecified atom stereocenters. The molecule has 4 fully saturated rings. The maximum Gasteiger partial charge on any atom is 4.00 e. The van der Waals surface area contributed by atoms with Gasteiger partial charge in [-0.2, -0.15) is 0 Å². The van der Waals surface area contributed by atoms with Crippen molar-refractivity contribution < 1.29 is 26.2 Å². The minimum atomic E-state index is -0.678. The van der Waals surface area contributed by atoms with Gasteiger partial charge < -0.3 is 29.7 Å². The molecule has 11 atom stereocenters. The van der Waals surface area contributed by atoms with E-state index in [2.05, 4.69) is 69.4 Å². The maximum absolute atomic E-state index is 2.90. The van der Waals surface area contributed by atoms with Gasteiger partial charge in [0.2, 0.25) is 0 Å². The van der Waals surface area contributed by atoms with Crippen LogP contribution in [0.3, 0.4) is 0 Å². The van der Waals surface area contributed by atoms with E-state index in [0.717, 1.165) is 47.0 Å². The third-order valence-corrected chi connectivity index (χ3v) is 26.5. The van der Waals surface area contributed by atoms with E-state index in [9.17, 15) is 0 Å². The zero-order valence-electron chi connectivity index (χ0n) is 28.2. The normalized spacial score (nSPS) is 34.9. The summed E-state index contributed by atoms with van der Waals surface area (Å²) in [5.41, 5.74) is 4.07. The molecule has 4 aliphatic rings. The van der Waals surface area contributed by atoms with Gasteiger partial charge >= 0.3 is 26.2 Å². The van der Waals surface area contributed by atoms with Gasteiger partial charge in [0, 0.05) is 16.6 Å². The van der Waals surface area contributed by atoms with Gasteiger partial charge in [-0.15, -0.1) is 0 Å². The Balaban J connectivity index is 0.00000168. The van der Waals surface area contributed by atoms with Crippen LogP contribution in [0.15, 0.2) is 42.5 Å². The van der Waals surface area contributed by atoms with Crippen LogP contribution in [0.25, 0.3) is 10.8 Å². The van der Waals surface area contributed by atoms with Crippen LogP contribution in [0.4, 0.5) is 0 Å². The minimum absolute atomic E-state index is 0. The fraction of sp³-hybridized carbons (Fsp3) is 0.632. The van der Waals surface area contributed by atoms with Gasteiger partial charge in [-0.3, -0.25) is 0 Å². The third kappa shape index (κ3) is 7.47. The van der Waals surface area contributed by atoms with Gasteiger partial charge in [-0.05, 0) is 82.6 Å². The Kier molecular flexibility index (Phi) is 16.1. The summed E-state index contributed by atoms with van der Waals surface area (Å²) in [7, 11) is -1.28. The zero-order valence-corrected chi connectivity index (χ0v) is 32.9. The molecule has 0 amide bonds. The van der Waals surface area contributed by atoms with Crippen LogP contribution >= 0.6 is 0 Å². The molecule has 41 heavy (non-hydrogen) atoms. The molecule has 2 aromatic rings. The Morgan fingerprint density at radius 3 is 2.24 bits per heavy atom. The molecule has 3 heteroatoms. The molecule has 2 aromatic carbocycles. The Morgan fingerprint density at radius 1 is 0.756 bits per heavy atom.